The van der Waals surface area contributed by atoms with E-state index in [9.17, 15) is 5.11 Å². The summed E-state index contributed by atoms with van der Waals surface area (Å²) in [5, 5.41) is 18.8. The first kappa shape index (κ1) is 23.9. The van der Waals surface area contributed by atoms with Crippen LogP contribution in [0.25, 0.3) is 22.3 Å². The predicted octanol–water partition coefficient (Wildman–Crippen LogP) is 5.21. The van der Waals surface area contributed by atoms with Crippen LogP contribution in [0.4, 0.5) is 11.8 Å². The molecule has 3 N–H and O–H groups in total. The summed E-state index contributed by atoms with van der Waals surface area (Å²) in [6.07, 6.45) is 2.73. The molecule has 0 aromatic carbocycles. The topological polar surface area (TPSA) is 105 Å². The first-order valence-electron chi connectivity index (χ1n) is 13.0. The van der Waals surface area contributed by atoms with Crippen molar-refractivity contribution in [2.24, 2.45) is 23.2 Å². The number of ether oxygens (including phenoxy) is 1. The van der Waals surface area contributed by atoms with E-state index in [2.05, 4.69) is 34.4 Å². The van der Waals surface area contributed by atoms with Crippen molar-refractivity contribution in [1.82, 2.24) is 15.0 Å². The minimum Gasteiger partial charge on any atom is -0.454 e. The quantitative estimate of drug-likeness (QED) is 0.387. The summed E-state index contributed by atoms with van der Waals surface area (Å²) < 4.78 is 11.8. The van der Waals surface area contributed by atoms with Gasteiger partial charge in [-0.25, -0.2) is 4.98 Å². The molecule has 3 aromatic heterocycles. The van der Waals surface area contributed by atoms with E-state index < -0.39 is 0 Å². The van der Waals surface area contributed by atoms with Gasteiger partial charge in [0.1, 0.15) is 16.7 Å². The zero-order valence-corrected chi connectivity index (χ0v) is 22.0. The maximum atomic E-state index is 10.4. The fraction of sp³-hybridized carbons (Fsp3) is 0.593. The lowest BCUT2D eigenvalue weighted by Gasteiger charge is -2.27. The Kier molecular flexibility index (Phi) is 5.89. The molecule has 3 aliphatic rings. The fourth-order valence-electron chi connectivity index (χ4n) is 6.37. The van der Waals surface area contributed by atoms with Gasteiger partial charge in [0, 0.05) is 42.3 Å². The van der Waals surface area contributed by atoms with Crippen molar-refractivity contribution in [2.45, 2.75) is 59.1 Å². The molecule has 192 valence electrons. The number of aryl methyl sites for hydroxylation is 2. The summed E-state index contributed by atoms with van der Waals surface area (Å²) in [5.41, 5.74) is 3.12. The van der Waals surface area contributed by atoms with Crippen LogP contribution in [0.15, 0.2) is 16.5 Å². The highest BCUT2D eigenvalue weighted by Gasteiger charge is 2.69. The average Bonchev–Trinajstić information content (AvgIpc) is 3.12. The smallest absolute Gasteiger partial charge is 0.226 e. The number of rotatable bonds is 6. The number of aromatic nitrogens is 3. The van der Waals surface area contributed by atoms with Crippen molar-refractivity contribution in [1.29, 1.82) is 0 Å². The summed E-state index contributed by atoms with van der Waals surface area (Å²) in [6.45, 7) is 10.7. The minimum atomic E-state index is -0.218. The largest absolute Gasteiger partial charge is 0.454 e. The molecule has 9 heteroatoms. The molecule has 5 unspecified atom stereocenters. The molecule has 8 nitrogen and oxygen atoms in total. The number of hydrogen-bond donors (Lipinski definition) is 3. The highest BCUT2D eigenvalue weighted by Crippen LogP contribution is 2.66. The molecule has 6 rings (SSSR count). The van der Waals surface area contributed by atoms with Gasteiger partial charge in [0.25, 0.3) is 0 Å². The van der Waals surface area contributed by atoms with Crippen LogP contribution in [0.2, 0.25) is 5.15 Å². The van der Waals surface area contributed by atoms with Crippen LogP contribution < -0.4 is 10.6 Å². The Labute approximate surface area is 216 Å². The van der Waals surface area contributed by atoms with Gasteiger partial charge < -0.3 is 24.9 Å². The molecule has 0 spiro atoms. The Bertz CT molecular complexity index is 1310. The number of nitrogens with one attached hydrogen (secondary N) is 2. The van der Waals surface area contributed by atoms with Crippen molar-refractivity contribution < 1.29 is 14.3 Å². The number of aliphatic hydroxyl groups excluding tert-OH is 1. The lowest BCUT2D eigenvalue weighted by Crippen LogP contribution is -2.31. The molecule has 4 heterocycles. The van der Waals surface area contributed by atoms with Gasteiger partial charge in [0.15, 0.2) is 5.58 Å². The maximum absolute atomic E-state index is 10.4. The number of nitrogens with zero attached hydrogens (tertiary/aromatic N) is 3. The third kappa shape index (κ3) is 3.94. The SMILES string of the molecule is Cc1cc2cc(-c3c(Cl)nc(NCC4CCOCC4)nc3NC3CC4C(O)C4(C)C3C)oc2c(C)n1. The second kappa shape index (κ2) is 8.85. The lowest BCUT2D eigenvalue weighted by molar-refractivity contribution is 0.0699. The molecule has 0 amide bonds. The van der Waals surface area contributed by atoms with Gasteiger partial charge >= 0.3 is 0 Å². The second-order valence-corrected chi connectivity index (χ2v) is 11.4. The maximum Gasteiger partial charge on any atom is 0.226 e. The Morgan fingerprint density at radius 2 is 1.94 bits per heavy atom. The van der Waals surface area contributed by atoms with Gasteiger partial charge in [-0.05, 0) is 63.0 Å². The number of furan rings is 1. The van der Waals surface area contributed by atoms with E-state index in [0.29, 0.717) is 46.0 Å². The van der Waals surface area contributed by atoms with E-state index >= 15 is 0 Å². The van der Waals surface area contributed by atoms with E-state index in [0.717, 1.165) is 61.4 Å². The molecule has 3 aromatic rings. The van der Waals surface area contributed by atoms with Crippen molar-refractivity contribution in [2.75, 3.05) is 30.4 Å². The van der Waals surface area contributed by atoms with Crippen LogP contribution in [0.3, 0.4) is 0 Å². The van der Waals surface area contributed by atoms with Gasteiger partial charge in [-0.15, -0.1) is 0 Å². The Hall–Kier alpha value is -2.42. The highest BCUT2D eigenvalue weighted by molar-refractivity contribution is 6.32. The first-order chi connectivity index (χ1) is 17.3. The summed E-state index contributed by atoms with van der Waals surface area (Å²) in [4.78, 5) is 14.0. The van der Waals surface area contributed by atoms with E-state index in [1.54, 1.807) is 0 Å². The molecular formula is C27H34ClN5O3. The van der Waals surface area contributed by atoms with Gasteiger partial charge in [0.05, 0.1) is 17.4 Å². The van der Waals surface area contributed by atoms with Gasteiger partial charge in [-0.2, -0.15) is 4.98 Å². The summed E-state index contributed by atoms with van der Waals surface area (Å²) in [6, 6.07) is 4.17. The third-order valence-electron chi connectivity index (χ3n) is 8.92. The minimum absolute atomic E-state index is 0.0432. The van der Waals surface area contributed by atoms with Gasteiger partial charge in [-0.1, -0.05) is 25.4 Å². The van der Waals surface area contributed by atoms with E-state index in [-0.39, 0.29) is 17.6 Å². The zero-order valence-electron chi connectivity index (χ0n) is 21.3. The van der Waals surface area contributed by atoms with Gasteiger partial charge in [0.2, 0.25) is 5.95 Å². The third-order valence-corrected chi connectivity index (χ3v) is 9.20. The Morgan fingerprint density at radius 1 is 1.17 bits per heavy atom. The van der Waals surface area contributed by atoms with E-state index in [4.69, 9.17) is 25.7 Å². The molecule has 5 atom stereocenters. The number of aliphatic hydroxyl groups is 1. The molecular weight excluding hydrogens is 478 g/mol. The number of pyridine rings is 1. The number of fused-ring (bicyclic) bond motifs is 2. The highest BCUT2D eigenvalue weighted by atomic mass is 35.5. The molecule has 1 saturated heterocycles. The molecule has 3 fully saturated rings. The van der Waals surface area contributed by atoms with Crippen molar-refractivity contribution >= 4 is 34.3 Å². The molecule has 2 saturated carbocycles. The van der Waals surface area contributed by atoms with Crippen LogP contribution in [0.1, 0.15) is 44.5 Å². The van der Waals surface area contributed by atoms with Crippen LogP contribution in [-0.2, 0) is 4.74 Å². The van der Waals surface area contributed by atoms with E-state index in [1.165, 1.54) is 0 Å². The lowest BCUT2D eigenvalue weighted by atomic mass is 9.90. The van der Waals surface area contributed by atoms with Crippen LogP contribution in [0, 0.1) is 37.0 Å². The summed E-state index contributed by atoms with van der Waals surface area (Å²) >= 11 is 6.83. The molecule has 2 aliphatic carbocycles. The van der Waals surface area contributed by atoms with Crippen LogP contribution in [0.5, 0.6) is 0 Å². The van der Waals surface area contributed by atoms with Crippen molar-refractivity contribution in [3.8, 4) is 11.3 Å². The number of anilines is 2. The average molecular weight is 512 g/mol. The van der Waals surface area contributed by atoms with Crippen LogP contribution in [-0.4, -0.2) is 52.0 Å². The molecule has 1 aliphatic heterocycles. The fourth-order valence-corrected chi connectivity index (χ4v) is 6.63. The van der Waals surface area contributed by atoms with Crippen LogP contribution >= 0.6 is 11.6 Å². The summed E-state index contributed by atoms with van der Waals surface area (Å²) in [5.74, 6) is 2.91. The van der Waals surface area contributed by atoms with E-state index in [1.807, 2.05) is 26.0 Å². The standard InChI is InChI=1S/C27H34ClN5O3/c1-13-9-17-10-20(36-22(17)15(3)30-13)21-24(28)32-26(29-12-16-5-7-35-8-6-16)33-25(21)31-19-11-18-23(34)27(18,4)14(19)2/h9-10,14,16,18-19,23,34H,5-8,11-12H2,1-4H3,(H2,29,31,32,33). The number of halogens is 1. The monoisotopic (exact) mass is 511 g/mol. The second-order valence-electron chi connectivity index (χ2n) is 11.1. The zero-order chi connectivity index (χ0) is 25.2. The molecule has 0 radical (unpaired) electrons. The van der Waals surface area contributed by atoms with Crippen molar-refractivity contribution in [3.05, 3.63) is 28.7 Å². The van der Waals surface area contributed by atoms with Gasteiger partial charge in [-0.3, -0.25) is 4.98 Å². The molecule has 36 heavy (non-hydrogen) atoms. The number of hydrogen-bond acceptors (Lipinski definition) is 8. The normalized spacial score (nSPS) is 29.9. The Morgan fingerprint density at radius 3 is 2.67 bits per heavy atom. The van der Waals surface area contributed by atoms with Crippen molar-refractivity contribution in [3.63, 3.8) is 0 Å². The Balaban J connectivity index is 1.35. The predicted molar refractivity (Wildman–Crippen MR) is 140 cm³/mol. The molecule has 0 bridgehead atoms. The summed E-state index contributed by atoms with van der Waals surface area (Å²) in [7, 11) is 0. The first-order valence-corrected chi connectivity index (χ1v) is 13.4.